The molecule has 98 valence electrons. The molecule has 0 fully saturated rings. The van der Waals surface area contributed by atoms with Crippen molar-refractivity contribution in [2.75, 3.05) is 0 Å². The molecular formula is C18H12F2. The Kier molecular flexibility index (Phi) is 3.30. The van der Waals surface area contributed by atoms with Gasteiger partial charge in [0.25, 0.3) is 0 Å². The van der Waals surface area contributed by atoms with Crippen LogP contribution in [0.25, 0.3) is 22.3 Å². The van der Waals surface area contributed by atoms with E-state index < -0.39 is 0 Å². The summed E-state index contributed by atoms with van der Waals surface area (Å²) in [5.74, 6) is -0.478. The summed E-state index contributed by atoms with van der Waals surface area (Å²) in [4.78, 5) is 0. The van der Waals surface area contributed by atoms with Crippen LogP contribution in [0, 0.1) is 11.6 Å². The standard InChI is InChI=1S/C18H12F2/c19-17-9-5-15(6-10-17)13-1-2-14(4-3-13)16-7-11-18(20)12-8-16/h1-12H. The zero-order valence-electron chi connectivity index (χ0n) is 10.7. The minimum Gasteiger partial charge on any atom is -0.207 e. The second-order valence-corrected chi connectivity index (χ2v) is 4.59. The van der Waals surface area contributed by atoms with Crippen molar-refractivity contribution in [3.05, 3.63) is 84.4 Å². The van der Waals surface area contributed by atoms with Crippen molar-refractivity contribution in [2.45, 2.75) is 0 Å². The molecule has 20 heavy (non-hydrogen) atoms. The van der Waals surface area contributed by atoms with Crippen molar-refractivity contribution < 1.29 is 8.78 Å². The van der Waals surface area contributed by atoms with Crippen LogP contribution in [0.15, 0.2) is 72.8 Å². The third-order valence-corrected chi connectivity index (χ3v) is 3.24. The highest BCUT2D eigenvalue weighted by Crippen LogP contribution is 2.25. The molecule has 0 N–H and O–H groups in total. The Labute approximate surface area is 116 Å². The lowest BCUT2D eigenvalue weighted by Gasteiger charge is -2.05. The fourth-order valence-corrected chi connectivity index (χ4v) is 2.14. The molecule has 0 saturated heterocycles. The molecule has 3 aromatic carbocycles. The molecule has 0 atom stereocenters. The van der Waals surface area contributed by atoms with Gasteiger partial charge in [-0.3, -0.25) is 0 Å². The summed E-state index contributed by atoms with van der Waals surface area (Å²) in [5, 5.41) is 0. The van der Waals surface area contributed by atoms with Gasteiger partial charge >= 0.3 is 0 Å². The van der Waals surface area contributed by atoms with Crippen molar-refractivity contribution in [3.63, 3.8) is 0 Å². The molecule has 0 aliphatic rings. The maximum atomic E-state index is 12.9. The van der Waals surface area contributed by atoms with Gasteiger partial charge in [0.2, 0.25) is 0 Å². The molecule has 0 bridgehead atoms. The van der Waals surface area contributed by atoms with E-state index in [0.717, 1.165) is 22.3 Å². The number of hydrogen-bond donors (Lipinski definition) is 0. The second kappa shape index (κ2) is 5.25. The van der Waals surface area contributed by atoms with E-state index in [1.165, 1.54) is 24.3 Å². The molecule has 0 heterocycles. The van der Waals surface area contributed by atoms with E-state index in [1.54, 1.807) is 24.3 Å². The number of hydrogen-bond acceptors (Lipinski definition) is 0. The van der Waals surface area contributed by atoms with Crippen molar-refractivity contribution in [1.29, 1.82) is 0 Å². The van der Waals surface area contributed by atoms with Crippen molar-refractivity contribution in [2.24, 2.45) is 0 Å². The average molecular weight is 266 g/mol. The predicted molar refractivity (Wildman–Crippen MR) is 77.2 cm³/mol. The van der Waals surface area contributed by atoms with Gasteiger partial charge in [-0.25, -0.2) is 8.78 Å². The van der Waals surface area contributed by atoms with Gasteiger partial charge in [-0.15, -0.1) is 0 Å². The molecule has 2 heteroatoms. The van der Waals surface area contributed by atoms with Crippen LogP contribution >= 0.6 is 0 Å². The monoisotopic (exact) mass is 266 g/mol. The Morgan fingerprint density at radius 2 is 0.550 bits per heavy atom. The summed E-state index contributed by atoms with van der Waals surface area (Å²) in [5.41, 5.74) is 3.99. The van der Waals surface area contributed by atoms with Crippen LogP contribution in [0.4, 0.5) is 8.78 Å². The Morgan fingerprint density at radius 3 is 0.800 bits per heavy atom. The van der Waals surface area contributed by atoms with Gasteiger partial charge in [0.15, 0.2) is 0 Å². The number of halogens is 2. The van der Waals surface area contributed by atoms with Gasteiger partial charge in [-0.05, 0) is 46.5 Å². The zero-order chi connectivity index (χ0) is 13.9. The lowest BCUT2D eigenvalue weighted by atomic mass is 10.0. The van der Waals surface area contributed by atoms with E-state index in [9.17, 15) is 8.78 Å². The third kappa shape index (κ3) is 2.59. The Balaban J connectivity index is 1.91. The highest BCUT2D eigenvalue weighted by Gasteiger charge is 2.01. The summed E-state index contributed by atoms with van der Waals surface area (Å²) in [6.07, 6.45) is 0. The highest BCUT2D eigenvalue weighted by atomic mass is 19.1. The van der Waals surface area contributed by atoms with Crippen LogP contribution < -0.4 is 0 Å². The zero-order valence-corrected chi connectivity index (χ0v) is 10.7. The van der Waals surface area contributed by atoms with Gasteiger partial charge in [0, 0.05) is 0 Å². The lowest BCUT2D eigenvalue weighted by molar-refractivity contribution is 0.627. The fourth-order valence-electron chi connectivity index (χ4n) is 2.14. The van der Waals surface area contributed by atoms with Crippen LogP contribution in [-0.2, 0) is 0 Å². The van der Waals surface area contributed by atoms with E-state index in [0.29, 0.717) is 0 Å². The van der Waals surface area contributed by atoms with E-state index in [4.69, 9.17) is 0 Å². The first kappa shape index (κ1) is 12.5. The fraction of sp³-hybridized carbons (Fsp3) is 0. The van der Waals surface area contributed by atoms with Gasteiger partial charge < -0.3 is 0 Å². The smallest absolute Gasteiger partial charge is 0.123 e. The van der Waals surface area contributed by atoms with Crippen molar-refractivity contribution in [1.82, 2.24) is 0 Å². The molecular weight excluding hydrogens is 254 g/mol. The molecule has 0 spiro atoms. The maximum Gasteiger partial charge on any atom is 0.123 e. The summed E-state index contributed by atoms with van der Waals surface area (Å²) >= 11 is 0. The molecule has 3 aromatic rings. The molecule has 0 aliphatic carbocycles. The van der Waals surface area contributed by atoms with Crippen molar-refractivity contribution >= 4 is 0 Å². The van der Waals surface area contributed by atoms with Crippen molar-refractivity contribution in [3.8, 4) is 22.3 Å². The average Bonchev–Trinajstić information content (AvgIpc) is 2.49. The van der Waals surface area contributed by atoms with E-state index in [2.05, 4.69) is 0 Å². The first-order valence-electron chi connectivity index (χ1n) is 6.34. The normalized spacial score (nSPS) is 10.5. The first-order chi connectivity index (χ1) is 9.72. The highest BCUT2D eigenvalue weighted by molar-refractivity contribution is 5.70. The Morgan fingerprint density at radius 1 is 0.350 bits per heavy atom. The molecule has 0 nitrogen and oxygen atoms in total. The lowest BCUT2D eigenvalue weighted by Crippen LogP contribution is -1.81. The van der Waals surface area contributed by atoms with Crippen LogP contribution in [0.5, 0.6) is 0 Å². The third-order valence-electron chi connectivity index (χ3n) is 3.24. The van der Waals surface area contributed by atoms with Gasteiger partial charge in [-0.2, -0.15) is 0 Å². The minimum atomic E-state index is -0.239. The van der Waals surface area contributed by atoms with Crippen LogP contribution in [0.2, 0.25) is 0 Å². The van der Waals surface area contributed by atoms with E-state index in [1.807, 2.05) is 24.3 Å². The summed E-state index contributed by atoms with van der Waals surface area (Å²) in [6.45, 7) is 0. The maximum absolute atomic E-state index is 12.9. The molecule has 0 unspecified atom stereocenters. The predicted octanol–water partition coefficient (Wildman–Crippen LogP) is 5.30. The summed E-state index contributed by atoms with van der Waals surface area (Å²) in [7, 11) is 0. The largest absolute Gasteiger partial charge is 0.207 e. The number of rotatable bonds is 2. The topological polar surface area (TPSA) is 0 Å². The molecule has 0 aromatic heterocycles. The molecule has 0 amide bonds. The van der Waals surface area contributed by atoms with Crippen LogP contribution in [0.3, 0.4) is 0 Å². The Bertz CT molecular complexity index is 631. The van der Waals surface area contributed by atoms with E-state index >= 15 is 0 Å². The van der Waals surface area contributed by atoms with Gasteiger partial charge in [0.05, 0.1) is 0 Å². The molecule has 3 rings (SSSR count). The molecule has 0 radical (unpaired) electrons. The Hall–Kier alpha value is -2.48. The first-order valence-corrected chi connectivity index (χ1v) is 6.34. The number of benzene rings is 3. The quantitative estimate of drug-likeness (QED) is 0.590. The second-order valence-electron chi connectivity index (χ2n) is 4.59. The van der Waals surface area contributed by atoms with Crippen LogP contribution in [-0.4, -0.2) is 0 Å². The van der Waals surface area contributed by atoms with Gasteiger partial charge in [0.1, 0.15) is 11.6 Å². The van der Waals surface area contributed by atoms with E-state index in [-0.39, 0.29) is 11.6 Å². The summed E-state index contributed by atoms with van der Waals surface area (Å²) in [6, 6.07) is 20.7. The minimum absolute atomic E-state index is 0.239. The van der Waals surface area contributed by atoms with Gasteiger partial charge in [-0.1, -0.05) is 48.5 Å². The molecule has 0 saturated carbocycles. The van der Waals surface area contributed by atoms with Crippen LogP contribution in [0.1, 0.15) is 0 Å². The SMILES string of the molecule is Fc1ccc(-c2ccc(-c3ccc(F)cc3)cc2)cc1. The molecule has 0 aliphatic heterocycles. The summed E-state index contributed by atoms with van der Waals surface area (Å²) < 4.78 is 25.8.